The van der Waals surface area contributed by atoms with E-state index >= 15 is 0 Å². The summed E-state index contributed by atoms with van der Waals surface area (Å²) in [4.78, 5) is 36.0. The number of carboxylic acid groups (broad SMARTS) is 1. The van der Waals surface area contributed by atoms with E-state index in [4.69, 9.17) is 5.11 Å². The topological polar surface area (TPSA) is 98.7 Å². The molecule has 0 aliphatic carbocycles. The molecular formula is C13H23N3O4. The van der Waals surface area contributed by atoms with Crippen LogP contribution < -0.4 is 10.6 Å². The van der Waals surface area contributed by atoms with Crippen molar-refractivity contribution in [3.05, 3.63) is 0 Å². The van der Waals surface area contributed by atoms with Gasteiger partial charge in [0.1, 0.15) is 6.04 Å². The van der Waals surface area contributed by atoms with Crippen LogP contribution in [0.1, 0.15) is 34.1 Å². The number of aliphatic carboxylic acids is 1. The summed E-state index contributed by atoms with van der Waals surface area (Å²) in [5.41, 5.74) is -0.367. The van der Waals surface area contributed by atoms with E-state index in [9.17, 15) is 14.4 Å². The molecule has 7 nitrogen and oxygen atoms in total. The van der Waals surface area contributed by atoms with Gasteiger partial charge in [0.15, 0.2) is 0 Å². The smallest absolute Gasteiger partial charge is 0.326 e. The summed E-state index contributed by atoms with van der Waals surface area (Å²) < 4.78 is 0. The predicted molar refractivity (Wildman–Crippen MR) is 73.2 cm³/mol. The van der Waals surface area contributed by atoms with Crippen LogP contribution in [-0.2, 0) is 9.59 Å². The summed E-state index contributed by atoms with van der Waals surface area (Å²) in [5, 5.41) is 14.3. The van der Waals surface area contributed by atoms with Gasteiger partial charge in [-0.15, -0.1) is 0 Å². The van der Waals surface area contributed by atoms with Crippen LogP contribution in [0.15, 0.2) is 0 Å². The van der Waals surface area contributed by atoms with Crippen molar-refractivity contribution < 1.29 is 19.5 Å². The Bertz CT molecular complexity index is 403. The average Bonchev–Trinajstić information content (AvgIpc) is 2.65. The third-order valence-corrected chi connectivity index (χ3v) is 3.13. The molecule has 0 saturated carbocycles. The minimum atomic E-state index is -1.01. The zero-order valence-corrected chi connectivity index (χ0v) is 12.4. The first-order valence-electron chi connectivity index (χ1n) is 6.70. The van der Waals surface area contributed by atoms with E-state index in [2.05, 4.69) is 10.6 Å². The van der Waals surface area contributed by atoms with Gasteiger partial charge in [0.25, 0.3) is 0 Å². The Hall–Kier alpha value is -1.79. The maximum Gasteiger partial charge on any atom is 0.326 e. The Morgan fingerprint density at radius 1 is 1.30 bits per heavy atom. The highest BCUT2D eigenvalue weighted by molar-refractivity contribution is 5.87. The summed E-state index contributed by atoms with van der Waals surface area (Å²) in [6.07, 6.45) is 0.651. The average molecular weight is 285 g/mol. The van der Waals surface area contributed by atoms with Gasteiger partial charge in [-0.05, 0) is 33.1 Å². The number of carbonyl (C=O) groups excluding carboxylic acids is 2. The minimum absolute atomic E-state index is 0.0818. The number of nitrogens with one attached hydrogen (secondary N) is 2. The molecule has 20 heavy (non-hydrogen) atoms. The molecule has 1 heterocycles. The molecule has 1 aliphatic rings. The number of likely N-dealkylation sites (tertiary alicyclic amines) is 1. The summed E-state index contributed by atoms with van der Waals surface area (Å²) in [7, 11) is 0. The fraction of sp³-hybridized carbons (Fsp3) is 0.769. The van der Waals surface area contributed by atoms with Crippen molar-refractivity contribution in [1.29, 1.82) is 0 Å². The lowest BCUT2D eigenvalue weighted by Gasteiger charge is -2.24. The van der Waals surface area contributed by atoms with Crippen molar-refractivity contribution in [3.63, 3.8) is 0 Å². The van der Waals surface area contributed by atoms with Crippen LogP contribution in [0.3, 0.4) is 0 Å². The van der Waals surface area contributed by atoms with Crippen molar-refractivity contribution in [2.75, 3.05) is 13.1 Å². The van der Waals surface area contributed by atoms with Crippen molar-refractivity contribution in [2.24, 2.45) is 5.92 Å². The highest BCUT2D eigenvalue weighted by atomic mass is 16.4. The second kappa shape index (κ2) is 6.11. The Morgan fingerprint density at radius 2 is 1.90 bits per heavy atom. The van der Waals surface area contributed by atoms with Crippen molar-refractivity contribution in [2.45, 2.75) is 45.7 Å². The van der Waals surface area contributed by atoms with Crippen LogP contribution in [0, 0.1) is 5.92 Å². The number of hydrogen-bond donors (Lipinski definition) is 3. The largest absolute Gasteiger partial charge is 0.480 e. The Labute approximate surface area is 118 Å². The van der Waals surface area contributed by atoms with Crippen LogP contribution in [0.4, 0.5) is 4.79 Å². The van der Waals surface area contributed by atoms with Gasteiger partial charge in [0, 0.05) is 12.1 Å². The Kier molecular flexibility index (Phi) is 4.97. The number of carbonyl (C=O) groups is 3. The normalized spacial score (nSPS) is 22.5. The monoisotopic (exact) mass is 285 g/mol. The predicted octanol–water partition coefficient (Wildman–Crippen LogP) is 0.406. The molecule has 0 aromatic carbocycles. The lowest BCUT2D eigenvalue weighted by Crippen LogP contribution is -2.51. The van der Waals surface area contributed by atoms with E-state index < -0.39 is 18.0 Å². The third kappa shape index (κ3) is 4.40. The molecule has 0 spiro atoms. The summed E-state index contributed by atoms with van der Waals surface area (Å²) >= 11 is 0. The first kappa shape index (κ1) is 16.3. The SMILES string of the molecule is CC1CCN(C(=O)NCC(=O)NC(C)(C)C)C1C(=O)O. The molecule has 2 atom stereocenters. The zero-order chi connectivity index (χ0) is 15.5. The quantitative estimate of drug-likeness (QED) is 0.699. The molecular weight excluding hydrogens is 262 g/mol. The summed E-state index contributed by atoms with van der Waals surface area (Å²) in [6.45, 7) is 7.57. The van der Waals surface area contributed by atoms with Crippen molar-refractivity contribution >= 4 is 17.9 Å². The molecule has 2 unspecified atom stereocenters. The minimum Gasteiger partial charge on any atom is -0.480 e. The summed E-state index contributed by atoms with van der Waals surface area (Å²) in [6, 6.07) is -1.33. The van der Waals surface area contributed by atoms with Gasteiger partial charge in [-0.25, -0.2) is 9.59 Å². The lowest BCUT2D eigenvalue weighted by atomic mass is 10.0. The number of rotatable bonds is 3. The molecule has 1 aliphatic heterocycles. The second-order valence-electron chi connectivity index (χ2n) is 6.20. The molecule has 114 valence electrons. The van der Waals surface area contributed by atoms with E-state index in [-0.39, 0.29) is 23.9 Å². The second-order valence-corrected chi connectivity index (χ2v) is 6.20. The van der Waals surface area contributed by atoms with Crippen LogP contribution in [0.2, 0.25) is 0 Å². The maximum atomic E-state index is 11.9. The van der Waals surface area contributed by atoms with E-state index in [1.54, 1.807) is 6.92 Å². The van der Waals surface area contributed by atoms with Gasteiger partial charge in [0.05, 0.1) is 6.54 Å². The van der Waals surface area contributed by atoms with Crippen LogP contribution in [0.5, 0.6) is 0 Å². The maximum absolute atomic E-state index is 11.9. The Balaban J connectivity index is 2.51. The van der Waals surface area contributed by atoms with Gasteiger partial charge in [-0.3, -0.25) is 4.79 Å². The standard InChI is InChI=1S/C13H23N3O4/c1-8-5-6-16(10(8)11(18)19)12(20)14-7-9(17)15-13(2,3)4/h8,10H,5-7H2,1-4H3,(H,14,20)(H,15,17)(H,18,19). The van der Waals surface area contributed by atoms with Gasteiger partial charge in [0.2, 0.25) is 5.91 Å². The highest BCUT2D eigenvalue weighted by Gasteiger charge is 2.39. The number of nitrogens with zero attached hydrogens (tertiary/aromatic N) is 1. The fourth-order valence-electron chi connectivity index (χ4n) is 2.27. The molecule has 1 fully saturated rings. The first-order valence-corrected chi connectivity index (χ1v) is 6.70. The fourth-order valence-corrected chi connectivity index (χ4v) is 2.27. The zero-order valence-electron chi connectivity index (χ0n) is 12.4. The van der Waals surface area contributed by atoms with Crippen LogP contribution in [0.25, 0.3) is 0 Å². The van der Waals surface area contributed by atoms with E-state index in [0.717, 1.165) is 0 Å². The molecule has 1 saturated heterocycles. The lowest BCUT2D eigenvalue weighted by molar-refractivity contribution is -0.142. The van der Waals surface area contributed by atoms with E-state index in [1.165, 1.54) is 4.90 Å². The van der Waals surface area contributed by atoms with E-state index in [0.29, 0.717) is 13.0 Å². The molecule has 7 heteroatoms. The van der Waals surface area contributed by atoms with Crippen molar-refractivity contribution in [3.8, 4) is 0 Å². The molecule has 0 aromatic rings. The molecule has 0 aromatic heterocycles. The molecule has 1 rings (SSSR count). The van der Waals surface area contributed by atoms with Gasteiger partial charge >= 0.3 is 12.0 Å². The molecule has 3 amide bonds. The van der Waals surface area contributed by atoms with Crippen LogP contribution in [-0.4, -0.2) is 52.6 Å². The van der Waals surface area contributed by atoms with Crippen molar-refractivity contribution in [1.82, 2.24) is 15.5 Å². The molecule has 3 N–H and O–H groups in total. The van der Waals surface area contributed by atoms with Crippen LogP contribution >= 0.6 is 0 Å². The molecule has 0 bridgehead atoms. The van der Waals surface area contributed by atoms with E-state index in [1.807, 2.05) is 20.8 Å². The molecule has 0 radical (unpaired) electrons. The number of amides is 3. The number of carboxylic acids is 1. The Morgan fingerprint density at radius 3 is 2.40 bits per heavy atom. The number of hydrogen-bond acceptors (Lipinski definition) is 3. The van der Waals surface area contributed by atoms with Gasteiger partial charge in [-0.2, -0.15) is 0 Å². The highest BCUT2D eigenvalue weighted by Crippen LogP contribution is 2.23. The summed E-state index contributed by atoms with van der Waals surface area (Å²) in [5.74, 6) is -1.39. The van der Waals surface area contributed by atoms with Gasteiger partial charge in [-0.1, -0.05) is 6.92 Å². The third-order valence-electron chi connectivity index (χ3n) is 3.13. The first-order chi connectivity index (χ1) is 9.11. The number of urea groups is 1. The van der Waals surface area contributed by atoms with Gasteiger partial charge < -0.3 is 20.6 Å².